The zero-order chi connectivity index (χ0) is 18.2. The van der Waals surface area contributed by atoms with Crippen molar-refractivity contribution in [3.05, 3.63) is 29.0 Å². The van der Waals surface area contributed by atoms with Crippen LogP contribution in [0.5, 0.6) is 0 Å². The lowest BCUT2D eigenvalue weighted by Crippen LogP contribution is -2.57. The predicted molar refractivity (Wildman–Crippen MR) is 82.7 cm³/mol. The van der Waals surface area contributed by atoms with Gasteiger partial charge in [-0.15, -0.1) is 5.10 Å². The maximum atomic E-state index is 12.3. The molecule has 0 saturated heterocycles. The highest BCUT2D eigenvalue weighted by Gasteiger charge is 2.56. The number of rotatable bonds is 6. The van der Waals surface area contributed by atoms with E-state index in [2.05, 4.69) is 20.6 Å². The van der Waals surface area contributed by atoms with Gasteiger partial charge in [0, 0.05) is 12.5 Å². The second-order valence-corrected chi connectivity index (χ2v) is 8.45. The molecule has 2 rings (SSSR count). The lowest BCUT2D eigenvalue weighted by Gasteiger charge is -2.41. The van der Waals surface area contributed by atoms with Crippen LogP contribution in [0.15, 0.2) is 23.1 Å². The van der Waals surface area contributed by atoms with Gasteiger partial charge in [-0.1, -0.05) is 12.2 Å². The average Bonchev–Trinajstić information content (AvgIpc) is 3.00. The van der Waals surface area contributed by atoms with Crippen molar-refractivity contribution in [2.45, 2.75) is 10.7 Å². The Kier molecular flexibility index (Phi) is 4.89. The summed E-state index contributed by atoms with van der Waals surface area (Å²) in [6, 6.07) is 0. The largest absolute Gasteiger partial charge is 0.396 e. The van der Waals surface area contributed by atoms with E-state index in [0.29, 0.717) is 0 Å². The highest BCUT2D eigenvalue weighted by Crippen LogP contribution is 2.44. The Morgan fingerprint density at radius 1 is 1.33 bits per heavy atom. The van der Waals surface area contributed by atoms with Crippen molar-refractivity contribution in [2.75, 3.05) is 13.2 Å². The summed E-state index contributed by atoms with van der Waals surface area (Å²) in [5.41, 5.74) is 3.91. The van der Waals surface area contributed by atoms with Crippen molar-refractivity contribution in [1.82, 2.24) is 20.6 Å². The molecule has 1 aromatic heterocycles. The van der Waals surface area contributed by atoms with Crippen LogP contribution in [-0.4, -0.2) is 61.0 Å². The van der Waals surface area contributed by atoms with Crippen molar-refractivity contribution >= 4 is 20.0 Å². The van der Waals surface area contributed by atoms with Gasteiger partial charge >= 0.3 is 0 Å². The zero-order valence-corrected chi connectivity index (χ0v) is 13.9. The summed E-state index contributed by atoms with van der Waals surface area (Å²) >= 11 is 0. The first-order valence-corrected chi connectivity index (χ1v) is 9.73. The van der Waals surface area contributed by atoms with Gasteiger partial charge in [0.25, 0.3) is 0 Å². The molecule has 0 fully saturated rings. The number of aromatic nitrogens is 4. The standard InChI is InChI=1S/C10H17N7O5S2/c11-4-6(5-18)10(9-14-16-17-15-9)3-1-2-7(23(12,19)20)8(10)24(13,21)22/h1-3,6,8,18H,4-5,11H2,(H2,12,19,20)(H2,13,21,22)(H,14,15,16,17). The summed E-state index contributed by atoms with van der Waals surface area (Å²) in [6.45, 7) is -0.781. The number of nitrogens with zero attached hydrogens (tertiary/aromatic N) is 3. The van der Waals surface area contributed by atoms with Crippen molar-refractivity contribution < 1.29 is 21.9 Å². The van der Waals surface area contributed by atoms with Gasteiger partial charge in [0.15, 0.2) is 5.82 Å². The molecule has 14 heteroatoms. The lowest BCUT2D eigenvalue weighted by atomic mass is 9.70. The number of H-pyrrole nitrogens is 1. The second kappa shape index (κ2) is 6.30. The summed E-state index contributed by atoms with van der Waals surface area (Å²) in [7, 11) is -8.94. The molecular weight excluding hydrogens is 362 g/mol. The third-order valence-electron chi connectivity index (χ3n) is 3.92. The van der Waals surface area contributed by atoms with Crippen LogP contribution in [0.1, 0.15) is 5.82 Å². The summed E-state index contributed by atoms with van der Waals surface area (Å²) in [5, 5.41) is 31.1. The SMILES string of the molecule is NCC(CO)C1(c2nnn[nH]2)C=CC=C(S(N)(=O)=O)C1S(N)(=O)=O. The Morgan fingerprint density at radius 2 is 2.00 bits per heavy atom. The van der Waals surface area contributed by atoms with Gasteiger partial charge in [0.05, 0.1) is 10.3 Å². The number of nitrogens with two attached hydrogens (primary N) is 3. The van der Waals surface area contributed by atoms with Gasteiger partial charge in [-0.25, -0.2) is 32.2 Å². The first kappa shape index (κ1) is 18.6. The molecule has 8 N–H and O–H groups in total. The highest BCUT2D eigenvalue weighted by molar-refractivity contribution is 7.96. The van der Waals surface area contributed by atoms with Gasteiger partial charge in [0.2, 0.25) is 20.0 Å². The maximum Gasteiger partial charge on any atom is 0.235 e. The van der Waals surface area contributed by atoms with Crippen molar-refractivity contribution in [3.8, 4) is 0 Å². The van der Waals surface area contributed by atoms with E-state index in [1.165, 1.54) is 12.2 Å². The van der Waals surface area contributed by atoms with E-state index in [0.717, 1.165) is 6.08 Å². The maximum absolute atomic E-state index is 12.3. The smallest absolute Gasteiger partial charge is 0.235 e. The number of aliphatic hydroxyl groups is 1. The molecule has 12 nitrogen and oxygen atoms in total. The fourth-order valence-corrected chi connectivity index (χ4v) is 5.79. The number of primary sulfonamides is 2. The molecule has 0 radical (unpaired) electrons. The Labute approximate surface area is 137 Å². The quantitative estimate of drug-likeness (QED) is 0.329. The number of allylic oxidation sites excluding steroid dienone is 3. The van der Waals surface area contributed by atoms with E-state index in [4.69, 9.17) is 16.0 Å². The number of sulfonamides is 2. The first-order valence-electron chi connectivity index (χ1n) is 6.58. The molecule has 24 heavy (non-hydrogen) atoms. The number of aliphatic hydroxyl groups excluding tert-OH is 1. The third kappa shape index (κ3) is 2.99. The molecule has 0 spiro atoms. The number of nitrogens with one attached hydrogen (secondary N) is 1. The molecule has 0 aliphatic heterocycles. The van der Waals surface area contributed by atoms with E-state index in [9.17, 15) is 21.9 Å². The highest BCUT2D eigenvalue weighted by atomic mass is 32.2. The normalized spacial score (nSPS) is 26.2. The average molecular weight is 379 g/mol. The Morgan fingerprint density at radius 3 is 2.42 bits per heavy atom. The molecule has 0 amide bonds. The van der Waals surface area contributed by atoms with Crippen LogP contribution in [0.4, 0.5) is 0 Å². The van der Waals surface area contributed by atoms with Crippen LogP contribution < -0.4 is 16.0 Å². The summed E-state index contributed by atoms with van der Waals surface area (Å²) in [6.07, 6.45) is 3.65. The molecular formula is C10H17N7O5S2. The van der Waals surface area contributed by atoms with Gasteiger partial charge in [0.1, 0.15) is 5.25 Å². The molecule has 134 valence electrons. The minimum Gasteiger partial charge on any atom is -0.396 e. The molecule has 1 aromatic rings. The lowest BCUT2D eigenvalue weighted by molar-refractivity contribution is 0.173. The van der Waals surface area contributed by atoms with Crippen LogP contribution in [-0.2, 0) is 25.5 Å². The third-order valence-corrected chi connectivity index (χ3v) is 6.40. The molecule has 0 bridgehead atoms. The summed E-state index contributed by atoms with van der Waals surface area (Å²) in [4.78, 5) is -0.643. The minimum absolute atomic E-state index is 0.114. The predicted octanol–water partition coefficient (Wildman–Crippen LogP) is -3.60. The summed E-state index contributed by atoms with van der Waals surface area (Å²) < 4.78 is 48.3. The number of hydrogen-bond acceptors (Lipinski definition) is 9. The van der Waals surface area contributed by atoms with Gasteiger partial charge in [-0.2, -0.15) is 0 Å². The fourth-order valence-electron chi connectivity index (χ4n) is 2.90. The molecule has 3 unspecified atom stereocenters. The number of hydrogen-bond donors (Lipinski definition) is 5. The van der Waals surface area contributed by atoms with E-state index >= 15 is 0 Å². The van der Waals surface area contributed by atoms with E-state index in [1.54, 1.807) is 0 Å². The fraction of sp³-hybridized carbons (Fsp3) is 0.500. The minimum atomic E-state index is -4.52. The molecule has 3 atom stereocenters. The van der Waals surface area contributed by atoms with E-state index in [-0.39, 0.29) is 12.4 Å². The van der Waals surface area contributed by atoms with Crippen LogP contribution in [0.3, 0.4) is 0 Å². The van der Waals surface area contributed by atoms with Crippen molar-refractivity contribution in [2.24, 2.45) is 21.9 Å². The Hall–Kier alpha value is -1.71. The summed E-state index contributed by atoms with van der Waals surface area (Å²) in [5.74, 6) is -1.08. The van der Waals surface area contributed by atoms with E-state index in [1.807, 2.05) is 0 Å². The first-order chi connectivity index (χ1) is 11.1. The molecule has 0 aromatic carbocycles. The van der Waals surface area contributed by atoms with E-state index < -0.39 is 48.1 Å². The topological polar surface area (TPSA) is 221 Å². The number of aromatic amines is 1. The zero-order valence-electron chi connectivity index (χ0n) is 12.3. The Bertz CT molecular complexity index is 857. The molecule has 1 heterocycles. The molecule has 0 saturated carbocycles. The van der Waals surface area contributed by atoms with Gasteiger partial charge in [-0.3, -0.25) is 0 Å². The number of tetrazole rings is 1. The van der Waals surface area contributed by atoms with Gasteiger partial charge in [-0.05, 0) is 23.0 Å². The van der Waals surface area contributed by atoms with Crippen molar-refractivity contribution in [1.29, 1.82) is 0 Å². The van der Waals surface area contributed by atoms with Crippen LogP contribution in [0, 0.1) is 5.92 Å². The monoisotopic (exact) mass is 379 g/mol. The second-order valence-electron chi connectivity index (χ2n) is 5.24. The van der Waals surface area contributed by atoms with Crippen LogP contribution >= 0.6 is 0 Å². The van der Waals surface area contributed by atoms with Crippen LogP contribution in [0.2, 0.25) is 0 Å². The van der Waals surface area contributed by atoms with Crippen LogP contribution in [0.25, 0.3) is 0 Å². The molecule has 1 aliphatic carbocycles. The van der Waals surface area contributed by atoms with Gasteiger partial charge < -0.3 is 10.8 Å². The Balaban J connectivity index is 2.88. The molecule has 1 aliphatic rings. The van der Waals surface area contributed by atoms with Crippen molar-refractivity contribution in [3.63, 3.8) is 0 Å².